The van der Waals surface area contributed by atoms with Gasteiger partial charge in [0, 0.05) is 5.56 Å². The van der Waals surface area contributed by atoms with Crippen molar-refractivity contribution in [1.82, 2.24) is 0 Å². The first-order valence-corrected chi connectivity index (χ1v) is 9.70. The van der Waals surface area contributed by atoms with Crippen LogP contribution in [0.15, 0.2) is 60.7 Å². The van der Waals surface area contributed by atoms with Gasteiger partial charge in [-0.3, -0.25) is 0 Å². The average molecular weight is 329 g/mol. The standard InChI is InChI=1S/C19H20OS2/c1-2-8-16(9-3-1)10-6-13-20-18-12-5-4-11-17(18)19-21-14-7-15-22-19/h1-6,8-12,19H,7,13-15H2/b10-6+. The molecular weight excluding hydrogens is 308 g/mol. The molecule has 0 atom stereocenters. The van der Waals surface area contributed by atoms with Gasteiger partial charge in [-0.1, -0.05) is 54.6 Å². The van der Waals surface area contributed by atoms with Crippen LogP contribution in [0.25, 0.3) is 6.08 Å². The summed E-state index contributed by atoms with van der Waals surface area (Å²) in [6.45, 7) is 0.605. The van der Waals surface area contributed by atoms with Crippen LogP contribution in [0.5, 0.6) is 5.75 Å². The molecule has 0 amide bonds. The number of hydrogen-bond acceptors (Lipinski definition) is 3. The van der Waals surface area contributed by atoms with E-state index >= 15 is 0 Å². The molecule has 1 aliphatic rings. The van der Waals surface area contributed by atoms with Gasteiger partial charge in [0.1, 0.15) is 12.4 Å². The van der Waals surface area contributed by atoms with E-state index in [0.717, 1.165) is 5.75 Å². The van der Waals surface area contributed by atoms with Crippen molar-refractivity contribution in [2.45, 2.75) is 11.0 Å². The van der Waals surface area contributed by atoms with Crippen LogP contribution in [0.1, 0.15) is 22.1 Å². The molecule has 22 heavy (non-hydrogen) atoms. The molecule has 2 aromatic carbocycles. The maximum Gasteiger partial charge on any atom is 0.124 e. The van der Waals surface area contributed by atoms with E-state index in [1.54, 1.807) is 0 Å². The summed E-state index contributed by atoms with van der Waals surface area (Å²) in [5, 5.41) is 0. The molecule has 1 heterocycles. The maximum atomic E-state index is 6.00. The summed E-state index contributed by atoms with van der Waals surface area (Å²) < 4.78 is 6.52. The number of benzene rings is 2. The van der Waals surface area contributed by atoms with Crippen molar-refractivity contribution in [1.29, 1.82) is 0 Å². The second-order valence-electron chi connectivity index (χ2n) is 5.09. The Hall–Kier alpha value is -1.32. The monoisotopic (exact) mass is 328 g/mol. The van der Waals surface area contributed by atoms with Gasteiger partial charge in [-0.2, -0.15) is 0 Å². The summed E-state index contributed by atoms with van der Waals surface area (Å²) >= 11 is 4.06. The molecule has 0 saturated carbocycles. The first kappa shape index (κ1) is 15.6. The Morgan fingerprint density at radius 2 is 1.68 bits per heavy atom. The summed E-state index contributed by atoms with van der Waals surface area (Å²) in [6, 6.07) is 18.8. The zero-order chi connectivity index (χ0) is 15.0. The Balaban J connectivity index is 1.61. The molecule has 0 unspecified atom stereocenters. The SMILES string of the molecule is C(=C\c1ccccc1)/COc1ccccc1C1SCCCS1. The van der Waals surface area contributed by atoms with E-state index in [9.17, 15) is 0 Å². The molecule has 3 heteroatoms. The van der Waals surface area contributed by atoms with Crippen LogP contribution in [0.2, 0.25) is 0 Å². The van der Waals surface area contributed by atoms with Crippen molar-refractivity contribution in [2.75, 3.05) is 18.1 Å². The number of ether oxygens (including phenoxy) is 1. The highest BCUT2D eigenvalue weighted by molar-refractivity contribution is 8.16. The van der Waals surface area contributed by atoms with Crippen LogP contribution >= 0.6 is 23.5 Å². The first-order chi connectivity index (χ1) is 10.9. The van der Waals surface area contributed by atoms with Gasteiger partial charge >= 0.3 is 0 Å². The van der Waals surface area contributed by atoms with Gasteiger partial charge < -0.3 is 4.74 Å². The average Bonchev–Trinajstić information content (AvgIpc) is 2.61. The molecule has 0 bridgehead atoms. The fourth-order valence-corrected chi connectivity index (χ4v) is 5.30. The summed E-state index contributed by atoms with van der Waals surface area (Å²) in [5.41, 5.74) is 2.53. The van der Waals surface area contributed by atoms with Crippen LogP contribution in [0.3, 0.4) is 0 Å². The lowest BCUT2D eigenvalue weighted by Gasteiger charge is -2.23. The molecule has 0 spiro atoms. The minimum absolute atomic E-state index is 0.517. The predicted molar refractivity (Wildman–Crippen MR) is 99.7 cm³/mol. The van der Waals surface area contributed by atoms with Crippen molar-refractivity contribution >= 4 is 29.6 Å². The number of para-hydroxylation sites is 1. The predicted octanol–water partition coefficient (Wildman–Crippen LogP) is 5.65. The first-order valence-electron chi connectivity index (χ1n) is 7.60. The smallest absolute Gasteiger partial charge is 0.124 e. The van der Waals surface area contributed by atoms with Gasteiger partial charge in [0.05, 0.1) is 4.58 Å². The van der Waals surface area contributed by atoms with E-state index in [2.05, 4.69) is 48.6 Å². The third kappa shape index (κ3) is 4.34. The lowest BCUT2D eigenvalue weighted by Crippen LogP contribution is -2.03. The summed E-state index contributed by atoms with van der Waals surface area (Å²) in [4.78, 5) is 0. The fourth-order valence-electron chi connectivity index (χ4n) is 2.36. The highest BCUT2D eigenvalue weighted by atomic mass is 32.2. The summed E-state index contributed by atoms with van der Waals surface area (Å²) in [5.74, 6) is 3.52. The zero-order valence-electron chi connectivity index (χ0n) is 12.5. The van der Waals surface area contributed by atoms with Gasteiger partial charge in [-0.05, 0) is 35.6 Å². The van der Waals surface area contributed by atoms with E-state index in [4.69, 9.17) is 4.74 Å². The van der Waals surface area contributed by atoms with E-state index in [1.165, 1.54) is 29.1 Å². The molecule has 0 N–H and O–H groups in total. The molecule has 2 aromatic rings. The second kappa shape index (κ2) is 8.35. The minimum atomic E-state index is 0.517. The third-order valence-electron chi connectivity index (χ3n) is 3.45. The van der Waals surface area contributed by atoms with E-state index in [-0.39, 0.29) is 0 Å². The number of hydrogen-bond donors (Lipinski definition) is 0. The summed E-state index contributed by atoms with van der Waals surface area (Å²) in [7, 11) is 0. The Labute approximate surface area is 141 Å². The lowest BCUT2D eigenvalue weighted by molar-refractivity contribution is 0.360. The highest BCUT2D eigenvalue weighted by Gasteiger charge is 2.19. The van der Waals surface area contributed by atoms with Gasteiger partial charge in [0.25, 0.3) is 0 Å². The second-order valence-corrected chi connectivity index (χ2v) is 7.81. The molecule has 0 aliphatic carbocycles. The molecule has 1 aliphatic heterocycles. The van der Waals surface area contributed by atoms with Crippen molar-refractivity contribution in [3.8, 4) is 5.75 Å². The molecule has 3 rings (SSSR count). The molecule has 1 fully saturated rings. The quantitative estimate of drug-likeness (QED) is 0.702. The van der Waals surface area contributed by atoms with E-state index < -0.39 is 0 Å². The van der Waals surface area contributed by atoms with Crippen molar-refractivity contribution in [3.05, 3.63) is 71.8 Å². The van der Waals surface area contributed by atoms with Gasteiger partial charge in [0.15, 0.2) is 0 Å². The zero-order valence-corrected chi connectivity index (χ0v) is 14.1. The van der Waals surface area contributed by atoms with Crippen LogP contribution < -0.4 is 4.74 Å². The maximum absolute atomic E-state index is 6.00. The molecule has 0 radical (unpaired) electrons. The van der Waals surface area contributed by atoms with Crippen molar-refractivity contribution in [3.63, 3.8) is 0 Å². The number of rotatable bonds is 5. The molecule has 1 nitrogen and oxygen atoms in total. The molecule has 0 aromatic heterocycles. The van der Waals surface area contributed by atoms with E-state index in [1.807, 2.05) is 41.7 Å². The lowest BCUT2D eigenvalue weighted by atomic mass is 10.2. The van der Waals surface area contributed by atoms with Gasteiger partial charge in [-0.15, -0.1) is 23.5 Å². The summed E-state index contributed by atoms with van der Waals surface area (Å²) in [6.07, 6.45) is 5.49. The topological polar surface area (TPSA) is 9.23 Å². The Morgan fingerprint density at radius 1 is 0.955 bits per heavy atom. The Bertz CT molecular complexity index is 604. The van der Waals surface area contributed by atoms with Crippen molar-refractivity contribution in [2.24, 2.45) is 0 Å². The highest BCUT2D eigenvalue weighted by Crippen LogP contribution is 2.46. The third-order valence-corrected chi connectivity index (χ3v) is 6.42. The van der Waals surface area contributed by atoms with Crippen LogP contribution in [-0.4, -0.2) is 18.1 Å². The van der Waals surface area contributed by atoms with Crippen LogP contribution in [-0.2, 0) is 0 Å². The minimum Gasteiger partial charge on any atom is -0.489 e. The normalized spacial score (nSPS) is 16.0. The largest absolute Gasteiger partial charge is 0.489 e. The van der Waals surface area contributed by atoms with Gasteiger partial charge in [0.2, 0.25) is 0 Å². The van der Waals surface area contributed by atoms with Crippen molar-refractivity contribution < 1.29 is 4.74 Å². The molecule has 114 valence electrons. The fraction of sp³-hybridized carbons (Fsp3) is 0.263. The van der Waals surface area contributed by atoms with Crippen LogP contribution in [0.4, 0.5) is 0 Å². The molecular formula is C19H20OS2. The van der Waals surface area contributed by atoms with Crippen LogP contribution in [0, 0.1) is 0 Å². The Morgan fingerprint density at radius 3 is 2.50 bits per heavy atom. The van der Waals surface area contributed by atoms with E-state index in [0.29, 0.717) is 11.2 Å². The number of thioether (sulfide) groups is 2. The molecule has 1 saturated heterocycles. The van der Waals surface area contributed by atoms with Gasteiger partial charge in [-0.25, -0.2) is 0 Å². The Kier molecular flexibility index (Phi) is 5.91.